The summed E-state index contributed by atoms with van der Waals surface area (Å²) in [6, 6.07) is -0.823. The lowest BCUT2D eigenvalue weighted by atomic mass is 9.99. The Morgan fingerprint density at radius 2 is 0.822 bits per heavy atom. The molecule has 0 aliphatic carbocycles. The minimum Gasteiger partial charge on any atom is -0.394 e. The number of ether oxygens (including phenoxy) is 2. The molecular formula is C64H117NO8. The SMILES string of the molecule is CCCCCCC/C=C\C/C=C\C/C=C\CCCCCCCCCCCCCCCCCCCCC(=O)NC(COC1OC(CO)C(O)C(O)C1O)C(O)/C=C/CC/C=C/CCCCCCCCCCCCC. The molecule has 0 saturated carbocycles. The Balaban J connectivity index is 2.15. The molecule has 7 atom stereocenters. The van der Waals surface area contributed by atoms with Crippen LogP contribution in [0.15, 0.2) is 60.8 Å². The second-order valence-corrected chi connectivity index (χ2v) is 21.5. The standard InChI is InChI=1S/C64H117NO8/c1-3-5-7-9-11-13-15-17-19-21-22-23-24-25-26-27-28-29-30-31-32-33-34-35-36-38-40-42-44-46-48-50-52-54-60(68)65-57(56-72-64-63(71)62(70)61(69)59(55-66)73-64)58(67)53-51-49-47-45-43-41-39-37-20-18-16-14-12-10-8-6-4-2/h15,17,21-22,24-25,43,45,51,53,57-59,61-64,66-67,69-71H,3-14,16,18-20,23,26-42,44,46-50,52,54-56H2,1-2H3,(H,65,68)/b17-15-,22-21-,25-24-,45-43+,53-51+. The van der Waals surface area contributed by atoms with Crippen LogP contribution >= 0.6 is 0 Å². The summed E-state index contributed by atoms with van der Waals surface area (Å²) in [5.41, 5.74) is 0. The first kappa shape index (κ1) is 68.9. The molecule has 1 amide bonds. The summed E-state index contributed by atoms with van der Waals surface area (Å²) < 4.78 is 11.3. The third kappa shape index (κ3) is 42.7. The van der Waals surface area contributed by atoms with Gasteiger partial charge in [-0.15, -0.1) is 0 Å². The largest absolute Gasteiger partial charge is 0.394 e. The number of aliphatic hydroxyl groups excluding tert-OH is 5. The number of amides is 1. The van der Waals surface area contributed by atoms with Gasteiger partial charge in [0.1, 0.15) is 24.4 Å². The van der Waals surface area contributed by atoms with Crippen LogP contribution < -0.4 is 5.32 Å². The molecule has 0 aromatic heterocycles. The summed E-state index contributed by atoms with van der Waals surface area (Å²) >= 11 is 0. The van der Waals surface area contributed by atoms with Gasteiger partial charge in [0.2, 0.25) is 5.91 Å². The van der Waals surface area contributed by atoms with E-state index in [1.807, 2.05) is 6.08 Å². The molecule has 1 aliphatic rings. The number of allylic oxidation sites excluding steroid dienone is 9. The molecule has 426 valence electrons. The Bertz CT molecular complexity index is 1330. The normalized spacial score (nSPS) is 19.5. The Morgan fingerprint density at radius 1 is 0.466 bits per heavy atom. The van der Waals surface area contributed by atoms with E-state index >= 15 is 0 Å². The van der Waals surface area contributed by atoms with Crippen molar-refractivity contribution in [3.63, 3.8) is 0 Å². The zero-order valence-corrected chi connectivity index (χ0v) is 47.4. The quantitative estimate of drug-likeness (QED) is 0.0261. The average molecular weight is 1030 g/mol. The fourth-order valence-electron chi connectivity index (χ4n) is 9.65. The van der Waals surface area contributed by atoms with Crippen LogP contribution in [0.3, 0.4) is 0 Å². The van der Waals surface area contributed by atoms with Gasteiger partial charge in [0.15, 0.2) is 6.29 Å². The maximum absolute atomic E-state index is 13.1. The summed E-state index contributed by atoms with van der Waals surface area (Å²) in [7, 11) is 0. The monoisotopic (exact) mass is 1030 g/mol. The fourth-order valence-corrected chi connectivity index (χ4v) is 9.65. The van der Waals surface area contributed by atoms with Gasteiger partial charge < -0.3 is 40.3 Å². The molecule has 0 aromatic rings. The van der Waals surface area contributed by atoms with E-state index in [1.54, 1.807) is 6.08 Å². The van der Waals surface area contributed by atoms with Crippen LogP contribution in [0.2, 0.25) is 0 Å². The van der Waals surface area contributed by atoms with Crippen molar-refractivity contribution in [2.45, 2.75) is 326 Å². The highest BCUT2D eigenvalue weighted by atomic mass is 16.7. The van der Waals surface area contributed by atoms with Crippen LogP contribution in [0.25, 0.3) is 0 Å². The van der Waals surface area contributed by atoms with Crippen LogP contribution in [0.4, 0.5) is 0 Å². The van der Waals surface area contributed by atoms with Crippen LogP contribution in [-0.2, 0) is 14.3 Å². The first-order valence-electron chi connectivity index (χ1n) is 31.0. The maximum atomic E-state index is 13.1. The van der Waals surface area contributed by atoms with Crippen molar-refractivity contribution in [1.29, 1.82) is 0 Å². The van der Waals surface area contributed by atoms with Gasteiger partial charge in [-0.25, -0.2) is 0 Å². The van der Waals surface area contributed by atoms with Gasteiger partial charge in [-0.3, -0.25) is 4.79 Å². The highest BCUT2D eigenvalue weighted by molar-refractivity contribution is 5.76. The first-order chi connectivity index (χ1) is 35.8. The molecule has 0 spiro atoms. The second-order valence-electron chi connectivity index (χ2n) is 21.5. The molecule has 0 radical (unpaired) electrons. The highest BCUT2D eigenvalue weighted by Crippen LogP contribution is 2.23. The van der Waals surface area contributed by atoms with E-state index in [0.29, 0.717) is 6.42 Å². The lowest BCUT2D eigenvalue weighted by Crippen LogP contribution is -2.60. The number of unbranched alkanes of at least 4 members (excludes halogenated alkanes) is 35. The van der Waals surface area contributed by atoms with Gasteiger partial charge in [-0.1, -0.05) is 267 Å². The smallest absolute Gasteiger partial charge is 0.220 e. The number of carbonyl (C=O) groups is 1. The van der Waals surface area contributed by atoms with Crippen LogP contribution in [0.1, 0.15) is 284 Å². The van der Waals surface area contributed by atoms with E-state index in [2.05, 4.69) is 67.8 Å². The summed E-state index contributed by atoms with van der Waals surface area (Å²) in [6.07, 6.45) is 65.9. The molecule has 1 aliphatic heterocycles. The number of hydrogen-bond acceptors (Lipinski definition) is 8. The molecule has 6 N–H and O–H groups in total. The number of rotatable bonds is 53. The van der Waals surface area contributed by atoms with Gasteiger partial charge in [0, 0.05) is 6.42 Å². The third-order valence-corrected chi connectivity index (χ3v) is 14.6. The zero-order chi connectivity index (χ0) is 52.9. The lowest BCUT2D eigenvalue weighted by Gasteiger charge is -2.40. The van der Waals surface area contributed by atoms with Gasteiger partial charge in [0.25, 0.3) is 0 Å². The Kier molecular flexibility index (Phi) is 50.3. The molecule has 0 bridgehead atoms. The Labute approximate surface area is 449 Å². The van der Waals surface area contributed by atoms with E-state index < -0.39 is 49.5 Å². The Morgan fingerprint density at radius 3 is 1.25 bits per heavy atom. The molecule has 73 heavy (non-hydrogen) atoms. The first-order valence-corrected chi connectivity index (χ1v) is 31.0. The minimum atomic E-state index is -1.57. The molecule has 1 heterocycles. The van der Waals surface area contributed by atoms with Crippen molar-refractivity contribution >= 4 is 5.91 Å². The molecule has 9 heteroatoms. The van der Waals surface area contributed by atoms with E-state index in [9.17, 15) is 30.3 Å². The molecule has 0 aromatic carbocycles. The summed E-state index contributed by atoms with van der Waals surface area (Å²) in [5, 5.41) is 54.5. The summed E-state index contributed by atoms with van der Waals surface area (Å²) in [4.78, 5) is 13.1. The highest BCUT2D eigenvalue weighted by Gasteiger charge is 2.44. The fraction of sp³-hybridized carbons (Fsp3) is 0.828. The van der Waals surface area contributed by atoms with Crippen LogP contribution in [0, 0.1) is 0 Å². The van der Waals surface area contributed by atoms with Gasteiger partial charge >= 0.3 is 0 Å². The van der Waals surface area contributed by atoms with Gasteiger partial charge in [0.05, 0.1) is 25.4 Å². The van der Waals surface area contributed by atoms with Crippen molar-refractivity contribution in [2.24, 2.45) is 0 Å². The predicted octanol–water partition coefficient (Wildman–Crippen LogP) is 15.9. The Hall–Kier alpha value is -2.11. The minimum absolute atomic E-state index is 0.184. The van der Waals surface area contributed by atoms with Crippen molar-refractivity contribution in [3.05, 3.63) is 60.8 Å². The van der Waals surface area contributed by atoms with Crippen LogP contribution in [0.5, 0.6) is 0 Å². The van der Waals surface area contributed by atoms with Crippen molar-refractivity contribution in [1.82, 2.24) is 5.32 Å². The number of nitrogens with one attached hydrogen (secondary N) is 1. The number of hydrogen-bond donors (Lipinski definition) is 6. The van der Waals surface area contributed by atoms with Crippen LogP contribution in [-0.4, -0.2) is 87.5 Å². The van der Waals surface area contributed by atoms with Crippen molar-refractivity contribution < 1.29 is 39.8 Å². The third-order valence-electron chi connectivity index (χ3n) is 14.6. The van der Waals surface area contributed by atoms with E-state index in [4.69, 9.17) is 9.47 Å². The number of aliphatic hydroxyl groups is 5. The maximum Gasteiger partial charge on any atom is 0.220 e. The van der Waals surface area contributed by atoms with Gasteiger partial charge in [-0.2, -0.15) is 0 Å². The zero-order valence-electron chi connectivity index (χ0n) is 47.4. The van der Waals surface area contributed by atoms with E-state index in [1.165, 1.54) is 212 Å². The van der Waals surface area contributed by atoms with Crippen molar-refractivity contribution in [3.8, 4) is 0 Å². The van der Waals surface area contributed by atoms with E-state index in [0.717, 1.165) is 51.4 Å². The molecular weight excluding hydrogens is 911 g/mol. The number of carbonyl (C=O) groups excluding carboxylic acids is 1. The topological polar surface area (TPSA) is 149 Å². The summed E-state index contributed by atoms with van der Waals surface area (Å²) in [5.74, 6) is -0.184. The lowest BCUT2D eigenvalue weighted by molar-refractivity contribution is -0.302. The molecule has 7 unspecified atom stereocenters. The second kappa shape index (κ2) is 53.3. The molecule has 1 saturated heterocycles. The van der Waals surface area contributed by atoms with Gasteiger partial charge in [-0.05, 0) is 70.6 Å². The molecule has 1 rings (SSSR count). The summed E-state index contributed by atoms with van der Waals surface area (Å²) in [6.45, 7) is 3.77. The average Bonchev–Trinajstić information content (AvgIpc) is 3.39. The molecule has 1 fully saturated rings. The van der Waals surface area contributed by atoms with Crippen molar-refractivity contribution in [2.75, 3.05) is 13.2 Å². The van der Waals surface area contributed by atoms with E-state index in [-0.39, 0.29) is 12.5 Å². The predicted molar refractivity (Wildman–Crippen MR) is 309 cm³/mol. The molecule has 9 nitrogen and oxygen atoms in total.